The molecule has 2 aromatic carbocycles. The van der Waals surface area contributed by atoms with Gasteiger partial charge in [-0.1, -0.05) is 47.6 Å². The zero-order valence-corrected chi connectivity index (χ0v) is 17.1. The fourth-order valence-corrected chi connectivity index (χ4v) is 3.46. The molecule has 1 unspecified atom stereocenters. The lowest BCUT2D eigenvalue weighted by Gasteiger charge is -2.24. The maximum absolute atomic E-state index is 12.7. The van der Waals surface area contributed by atoms with Gasteiger partial charge in [-0.2, -0.15) is 33.4 Å². The van der Waals surface area contributed by atoms with Crippen LogP contribution in [0, 0.1) is 11.3 Å². The minimum absolute atomic E-state index is 0.00685. The van der Waals surface area contributed by atoms with Crippen LogP contribution in [0.5, 0.6) is 0 Å². The Labute approximate surface area is 179 Å². The molecule has 1 N–H and O–H groups in total. The van der Waals surface area contributed by atoms with Crippen LogP contribution in [0.2, 0.25) is 10.0 Å². The first-order valence-electron chi connectivity index (χ1n) is 8.12. The van der Waals surface area contributed by atoms with E-state index < -0.39 is 17.3 Å². The van der Waals surface area contributed by atoms with E-state index in [2.05, 4.69) is 21.6 Å². The molecule has 0 fully saturated rings. The smallest absolute Gasteiger partial charge is 0.357 e. The highest BCUT2D eigenvalue weighted by Gasteiger charge is 2.31. The summed E-state index contributed by atoms with van der Waals surface area (Å²) in [6.45, 7) is 1.58. The fraction of sp³-hybridized carbons (Fsp3) is 0.222. The van der Waals surface area contributed by atoms with Gasteiger partial charge in [-0.3, -0.25) is 0 Å². The first-order chi connectivity index (χ1) is 13.5. The highest BCUT2D eigenvalue weighted by molar-refractivity contribution is 7.80. The summed E-state index contributed by atoms with van der Waals surface area (Å²) in [4.78, 5) is 1.42. The molecule has 1 heterocycles. The van der Waals surface area contributed by atoms with Gasteiger partial charge in [-0.15, -0.1) is 0 Å². The Morgan fingerprint density at radius 3 is 2.45 bits per heavy atom. The molecule has 0 aliphatic rings. The van der Waals surface area contributed by atoms with Gasteiger partial charge in [-0.05, 0) is 31.2 Å². The number of nitriles is 1. The van der Waals surface area contributed by atoms with Crippen LogP contribution in [-0.4, -0.2) is 25.5 Å². The van der Waals surface area contributed by atoms with Crippen molar-refractivity contribution in [1.29, 1.82) is 5.26 Å². The summed E-state index contributed by atoms with van der Waals surface area (Å²) in [6, 6.07) is 9.58. The van der Waals surface area contributed by atoms with Crippen molar-refractivity contribution in [3.63, 3.8) is 0 Å². The number of rotatable bonds is 4. The molecule has 1 atom stereocenters. The van der Waals surface area contributed by atoms with E-state index in [9.17, 15) is 18.4 Å². The normalized spacial score (nSPS) is 13.7. The van der Waals surface area contributed by atoms with E-state index >= 15 is 0 Å². The quantitative estimate of drug-likeness (QED) is 0.558. The molecule has 0 saturated carbocycles. The van der Waals surface area contributed by atoms with Crippen LogP contribution in [0.25, 0.3) is 11.0 Å². The second-order valence-corrected chi connectivity index (χ2v) is 7.71. The number of benzene rings is 2. The predicted octanol–water partition coefficient (Wildman–Crippen LogP) is 5.00. The number of aromatic nitrogens is 3. The Kier molecular flexibility index (Phi) is 5.72. The van der Waals surface area contributed by atoms with E-state index in [4.69, 9.17) is 35.4 Å². The zero-order chi connectivity index (χ0) is 21.4. The lowest BCUT2D eigenvalue weighted by molar-refractivity contribution is -0.137. The fourth-order valence-electron chi connectivity index (χ4n) is 2.58. The molecule has 5 nitrogen and oxygen atoms in total. The van der Waals surface area contributed by atoms with Crippen LogP contribution in [-0.2, 0) is 12.7 Å². The van der Waals surface area contributed by atoms with E-state index in [1.807, 2.05) is 0 Å². The van der Waals surface area contributed by atoms with E-state index in [1.54, 1.807) is 13.0 Å². The second-order valence-electron chi connectivity index (χ2n) is 6.46. The average Bonchev–Trinajstić information content (AvgIpc) is 3.03. The van der Waals surface area contributed by atoms with Crippen molar-refractivity contribution < 1.29 is 13.2 Å². The van der Waals surface area contributed by atoms with Crippen LogP contribution in [0.1, 0.15) is 18.1 Å². The summed E-state index contributed by atoms with van der Waals surface area (Å²) in [6.07, 6.45) is -4.44. The highest BCUT2D eigenvalue weighted by Crippen LogP contribution is 2.29. The molecule has 0 amide bonds. The number of alkyl halides is 3. The summed E-state index contributed by atoms with van der Waals surface area (Å²) in [5.74, 6) is 0. The molecule has 0 aliphatic carbocycles. The first kappa shape index (κ1) is 21.3. The van der Waals surface area contributed by atoms with Gasteiger partial charge in [0.1, 0.15) is 21.6 Å². The van der Waals surface area contributed by atoms with E-state index in [1.165, 1.54) is 23.0 Å². The summed E-state index contributed by atoms with van der Waals surface area (Å²) >= 11 is 17.3. The number of nitrogens with zero attached hydrogens (tertiary/aromatic N) is 4. The highest BCUT2D eigenvalue weighted by atomic mass is 35.5. The molecule has 1 aromatic heterocycles. The van der Waals surface area contributed by atoms with Crippen LogP contribution in [0.15, 0.2) is 36.4 Å². The van der Waals surface area contributed by atoms with Gasteiger partial charge in [-0.25, -0.2) is 0 Å². The number of halogens is 5. The van der Waals surface area contributed by atoms with Crippen molar-refractivity contribution >= 4 is 51.4 Å². The van der Waals surface area contributed by atoms with Gasteiger partial charge >= 0.3 is 6.18 Å². The number of hydrogen-bond acceptors (Lipinski definition) is 4. The monoisotopic (exact) mass is 457 g/mol. The minimum Gasteiger partial charge on any atom is -0.357 e. The largest absolute Gasteiger partial charge is 0.416 e. The van der Waals surface area contributed by atoms with Gasteiger partial charge in [0.25, 0.3) is 0 Å². The van der Waals surface area contributed by atoms with Gasteiger partial charge in [0, 0.05) is 10.6 Å². The van der Waals surface area contributed by atoms with Gasteiger partial charge in [0.15, 0.2) is 0 Å². The Hall–Kier alpha value is -2.41. The van der Waals surface area contributed by atoms with Crippen LogP contribution >= 0.6 is 35.4 Å². The van der Waals surface area contributed by atoms with Crippen LogP contribution < -0.4 is 5.32 Å². The van der Waals surface area contributed by atoms with Crippen molar-refractivity contribution in [3.05, 3.63) is 57.6 Å². The molecule has 150 valence electrons. The Morgan fingerprint density at radius 2 is 1.86 bits per heavy atom. The van der Waals surface area contributed by atoms with Crippen molar-refractivity contribution in [2.75, 3.05) is 0 Å². The SMILES string of the molecule is CC(C#N)(Cn1nc2cc(Cl)cc(Cl)c2n1)NC(=S)c1ccc(C(F)(F)F)cc1. The topological polar surface area (TPSA) is 66.5 Å². The van der Waals surface area contributed by atoms with E-state index in [-0.39, 0.29) is 11.5 Å². The number of fused-ring (bicyclic) bond motifs is 1. The lowest BCUT2D eigenvalue weighted by atomic mass is 10.0. The van der Waals surface area contributed by atoms with Crippen molar-refractivity contribution in [2.45, 2.75) is 25.2 Å². The van der Waals surface area contributed by atoms with E-state index in [0.717, 1.165) is 12.1 Å². The molecular weight excluding hydrogens is 446 g/mol. The van der Waals surface area contributed by atoms with Crippen LogP contribution in [0.4, 0.5) is 13.2 Å². The minimum atomic E-state index is -4.44. The molecule has 3 aromatic rings. The maximum atomic E-state index is 12.7. The van der Waals surface area contributed by atoms with Crippen molar-refractivity contribution in [3.8, 4) is 6.07 Å². The molecule has 29 heavy (non-hydrogen) atoms. The summed E-state index contributed by atoms with van der Waals surface area (Å²) in [5.41, 5.74) is -0.766. The average molecular weight is 458 g/mol. The Balaban J connectivity index is 1.80. The van der Waals surface area contributed by atoms with Crippen molar-refractivity contribution in [2.24, 2.45) is 0 Å². The van der Waals surface area contributed by atoms with Crippen LogP contribution in [0.3, 0.4) is 0 Å². The lowest BCUT2D eigenvalue weighted by Crippen LogP contribution is -2.48. The Morgan fingerprint density at radius 1 is 1.21 bits per heavy atom. The number of hydrogen-bond donors (Lipinski definition) is 1. The Bertz CT molecular complexity index is 1120. The molecule has 0 spiro atoms. The van der Waals surface area contributed by atoms with Gasteiger partial charge in [0.2, 0.25) is 0 Å². The maximum Gasteiger partial charge on any atom is 0.416 e. The second kappa shape index (κ2) is 7.78. The van der Waals surface area contributed by atoms with Gasteiger partial charge in [0.05, 0.1) is 23.2 Å². The summed E-state index contributed by atoms with van der Waals surface area (Å²) in [7, 11) is 0. The molecule has 3 rings (SSSR count). The summed E-state index contributed by atoms with van der Waals surface area (Å²) in [5, 5.41) is 21.7. The third-order valence-electron chi connectivity index (χ3n) is 4.01. The zero-order valence-electron chi connectivity index (χ0n) is 14.8. The van der Waals surface area contributed by atoms with Crippen molar-refractivity contribution in [1.82, 2.24) is 20.3 Å². The third kappa shape index (κ3) is 4.78. The molecule has 0 bridgehead atoms. The van der Waals surface area contributed by atoms with Gasteiger partial charge < -0.3 is 5.32 Å². The molecule has 0 aliphatic heterocycles. The third-order valence-corrected chi connectivity index (χ3v) is 4.86. The predicted molar refractivity (Wildman–Crippen MR) is 108 cm³/mol. The molecule has 0 saturated heterocycles. The van der Waals surface area contributed by atoms with E-state index in [0.29, 0.717) is 26.6 Å². The number of nitrogens with one attached hydrogen (secondary N) is 1. The molecule has 11 heteroatoms. The molecule has 0 radical (unpaired) electrons. The summed E-state index contributed by atoms with van der Waals surface area (Å²) < 4.78 is 38.1. The first-order valence-corrected chi connectivity index (χ1v) is 9.28. The number of thiocarbonyl (C=S) groups is 1. The standard InChI is InChI=1S/C18H12Cl2F3N5S/c1-17(8-24,9-28-26-14-7-12(19)6-13(20)15(14)27-28)25-16(29)10-2-4-11(5-3-10)18(21,22)23/h2-7H,9H2,1H3,(H,25,29). The molecular formula is C18H12Cl2F3N5S.